The van der Waals surface area contributed by atoms with Crippen molar-refractivity contribution in [2.24, 2.45) is 34.8 Å². The van der Waals surface area contributed by atoms with E-state index in [2.05, 4.69) is 17.6 Å². The highest BCUT2D eigenvalue weighted by molar-refractivity contribution is 5.75. The topological polar surface area (TPSA) is 185 Å². The molecule has 14 atom stereocenters. The molecule has 12 heteroatoms. The number of carboxylic acids is 1. The number of ether oxygens (including phenoxy) is 4. The van der Waals surface area contributed by atoms with E-state index in [-0.39, 0.29) is 42.4 Å². The summed E-state index contributed by atoms with van der Waals surface area (Å²) in [5.41, 5.74) is 5.49. The van der Waals surface area contributed by atoms with Crippen LogP contribution in [0, 0.1) is 29.1 Å². The Morgan fingerprint density at radius 1 is 0.922 bits per heavy atom. The minimum atomic E-state index is -0.824. The largest absolute Gasteiger partial charge is 0.481 e. The van der Waals surface area contributed by atoms with E-state index in [0.717, 1.165) is 77.2 Å². The maximum absolute atomic E-state index is 13.2. The summed E-state index contributed by atoms with van der Waals surface area (Å²) in [5.74, 6) is 0.00449. The van der Waals surface area contributed by atoms with Crippen LogP contribution in [0.1, 0.15) is 116 Å². The molecule has 3 aliphatic carbocycles. The SMILES string of the molecule is CCNC(COC1CC(C2CC(O)CC(CCC3CCC(O)C(OC)C3)O2)CC(OC)C1O)C(CC1CCNC(N)C1)C1(C(=O)O)CCCCC1. The van der Waals surface area contributed by atoms with Crippen molar-refractivity contribution in [3.8, 4) is 0 Å². The summed E-state index contributed by atoms with van der Waals surface area (Å²) in [6.07, 6.45) is 10.6. The molecule has 2 heterocycles. The van der Waals surface area contributed by atoms with Gasteiger partial charge in [-0.15, -0.1) is 0 Å². The fourth-order valence-corrected chi connectivity index (χ4v) is 10.7. The zero-order valence-electron chi connectivity index (χ0n) is 31.6. The number of rotatable bonds is 16. The van der Waals surface area contributed by atoms with Crippen LogP contribution in [0.5, 0.6) is 0 Å². The molecule has 0 amide bonds. The predicted octanol–water partition coefficient (Wildman–Crippen LogP) is 3.33. The van der Waals surface area contributed by atoms with Gasteiger partial charge in [-0.05, 0) is 127 Å². The van der Waals surface area contributed by atoms with Gasteiger partial charge in [0.2, 0.25) is 0 Å². The second-order valence-corrected chi connectivity index (χ2v) is 16.9. The molecule has 0 bridgehead atoms. The van der Waals surface area contributed by atoms with E-state index in [0.29, 0.717) is 63.5 Å². The molecule has 0 aromatic heterocycles. The van der Waals surface area contributed by atoms with Gasteiger partial charge in [-0.25, -0.2) is 0 Å². The van der Waals surface area contributed by atoms with Crippen LogP contribution in [0.25, 0.3) is 0 Å². The second kappa shape index (κ2) is 19.6. The number of nitrogens with two attached hydrogens (primary N) is 1. The van der Waals surface area contributed by atoms with Gasteiger partial charge in [0.1, 0.15) is 6.10 Å². The lowest BCUT2D eigenvalue weighted by Gasteiger charge is -2.47. The first-order chi connectivity index (χ1) is 24.6. The van der Waals surface area contributed by atoms with Crippen LogP contribution in [-0.2, 0) is 23.7 Å². The third-order valence-electron chi connectivity index (χ3n) is 13.6. The van der Waals surface area contributed by atoms with Gasteiger partial charge in [0, 0.05) is 20.3 Å². The highest BCUT2D eigenvalue weighted by Gasteiger charge is 2.51. The van der Waals surface area contributed by atoms with E-state index in [1.54, 1.807) is 14.2 Å². The molecule has 0 radical (unpaired) electrons. The average Bonchev–Trinajstić information content (AvgIpc) is 3.12. The molecule has 12 nitrogen and oxygen atoms in total. The van der Waals surface area contributed by atoms with Crippen LogP contribution in [0.4, 0.5) is 0 Å². The maximum Gasteiger partial charge on any atom is 0.309 e. The molecular weight excluding hydrogens is 654 g/mol. The van der Waals surface area contributed by atoms with E-state index in [4.69, 9.17) is 24.7 Å². The van der Waals surface area contributed by atoms with Crippen molar-refractivity contribution in [1.82, 2.24) is 10.6 Å². The Morgan fingerprint density at radius 2 is 1.67 bits per heavy atom. The first kappa shape index (κ1) is 41.2. The highest BCUT2D eigenvalue weighted by Crippen LogP contribution is 2.48. The van der Waals surface area contributed by atoms with Crippen molar-refractivity contribution in [2.45, 2.75) is 177 Å². The number of aliphatic carboxylic acids is 1. The molecule has 0 aromatic carbocycles. The summed E-state index contributed by atoms with van der Waals surface area (Å²) in [4.78, 5) is 13.2. The molecule has 5 rings (SSSR count). The highest BCUT2D eigenvalue weighted by atomic mass is 16.5. The van der Waals surface area contributed by atoms with Crippen LogP contribution in [0.2, 0.25) is 0 Å². The number of aliphatic hydroxyl groups is 3. The van der Waals surface area contributed by atoms with Crippen molar-refractivity contribution >= 4 is 5.97 Å². The number of piperidine rings is 1. The van der Waals surface area contributed by atoms with Gasteiger partial charge in [0.05, 0.1) is 60.9 Å². The van der Waals surface area contributed by atoms with Crippen LogP contribution in [0.3, 0.4) is 0 Å². The van der Waals surface area contributed by atoms with Crippen LogP contribution in [0.15, 0.2) is 0 Å². The molecule has 5 aliphatic rings. The molecule has 0 spiro atoms. The predicted molar refractivity (Wildman–Crippen MR) is 194 cm³/mol. The van der Waals surface area contributed by atoms with Crippen molar-refractivity contribution in [3.05, 3.63) is 0 Å². The fourth-order valence-electron chi connectivity index (χ4n) is 10.7. The summed E-state index contributed by atoms with van der Waals surface area (Å²) in [6.45, 7) is 3.88. The van der Waals surface area contributed by atoms with Gasteiger partial charge >= 0.3 is 5.97 Å². The quantitative estimate of drug-likeness (QED) is 0.123. The number of methoxy groups -OCH3 is 2. The second-order valence-electron chi connectivity index (χ2n) is 16.9. The Hall–Kier alpha value is -0.930. The van der Waals surface area contributed by atoms with E-state index in [9.17, 15) is 25.2 Å². The van der Waals surface area contributed by atoms with Gasteiger partial charge in [-0.1, -0.05) is 26.2 Å². The normalized spacial score (nSPS) is 40.4. The maximum atomic E-state index is 13.2. The zero-order chi connectivity index (χ0) is 36.5. The third kappa shape index (κ3) is 10.6. The van der Waals surface area contributed by atoms with Gasteiger partial charge in [-0.2, -0.15) is 0 Å². The molecule has 296 valence electrons. The van der Waals surface area contributed by atoms with E-state index >= 15 is 0 Å². The molecule has 2 saturated heterocycles. The standard InChI is InChI=1S/C39H71N3O9/c1-4-41-30(29(16-25-12-15-42-36(40)18-25)39(38(46)47)13-6-5-7-14-39)23-50-35-20-26(19-34(49-3)37(35)45)32-22-27(43)21-28(51-32)10-8-24-9-11-31(44)33(17-24)48-2/h24-37,41-45H,4-23,40H2,1-3H3,(H,46,47). The molecule has 51 heavy (non-hydrogen) atoms. The van der Waals surface area contributed by atoms with E-state index in [1.807, 2.05) is 0 Å². The summed E-state index contributed by atoms with van der Waals surface area (Å²) in [5, 5.41) is 50.6. The molecule has 3 saturated carbocycles. The lowest BCUT2D eigenvalue weighted by Crippen LogP contribution is -2.55. The summed E-state index contributed by atoms with van der Waals surface area (Å²) >= 11 is 0. The van der Waals surface area contributed by atoms with Gasteiger partial charge in [0.25, 0.3) is 0 Å². The third-order valence-corrected chi connectivity index (χ3v) is 13.6. The zero-order valence-corrected chi connectivity index (χ0v) is 31.6. The number of hydrogen-bond donors (Lipinski definition) is 7. The summed E-state index contributed by atoms with van der Waals surface area (Å²) in [7, 11) is 3.29. The van der Waals surface area contributed by atoms with Gasteiger partial charge in [-0.3, -0.25) is 4.79 Å². The first-order valence-corrected chi connectivity index (χ1v) is 20.4. The van der Waals surface area contributed by atoms with Crippen LogP contribution >= 0.6 is 0 Å². The Bertz CT molecular complexity index is 1050. The van der Waals surface area contributed by atoms with Crippen LogP contribution in [-0.4, -0.2) is 121 Å². The average molecular weight is 726 g/mol. The number of likely N-dealkylation sites (N-methyl/N-ethyl adjacent to an activating group) is 1. The van der Waals surface area contributed by atoms with Gasteiger partial charge in [0.15, 0.2) is 0 Å². The molecule has 8 N–H and O–H groups in total. The Labute approximate surface area is 306 Å². The number of aliphatic hydroxyl groups excluding tert-OH is 3. The fraction of sp³-hybridized carbons (Fsp3) is 0.974. The monoisotopic (exact) mass is 726 g/mol. The number of hydrogen-bond acceptors (Lipinski definition) is 11. The number of carbonyl (C=O) groups is 1. The minimum absolute atomic E-state index is 0.0387. The summed E-state index contributed by atoms with van der Waals surface area (Å²) < 4.78 is 24.8. The lowest BCUT2D eigenvalue weighted by atomic mass is 9.60. The molecule has 5 fully saturated rings. The molecule has 0 aromatic rings. The molecule has 14 unspecified atom stereocenters. The Morgan fingerprint density at radius 3 is 2.35 bits per heavy atom. The van der Waals surface area contributed by atoms with Crippen molar-refractivity contribution in [2.75, 3.05) is 33.9 Å². The minimum Gasteiger partial charge on any atom is -0.481 e. The Balaban J connectivity index is 1.26. The van der Waals surface area contributed by atoms with Crippen molar-refractivity contribution < 1.29 is 44.2 Å². The van der Waals surface area contributed by atoms with E-state index < -0.39 is 41.9 Å². The Kier molecular flexibility index (Phi) is 15.8. The van der Waals surface area contributed by atoms with Crippen molar-refractivity contribution in [1.29, 1.82) is 0 Å². The lowest BCUT2D eigenvalue weighted by molar-refractivity contribution is -0.180. The first-order valence-electron chi connectivity index (χ1n) is 20.4. The van der Waals surface area contributed by atoms with Crippen LogP contribution < -0.4 is 16.4 Å². The smallest absolute Gasteiger partial charge is 0.309 e. The number of nitrogens with one attached hydrogen (secondary N) is 2. The summed E-state index contributed by atoms with van der Waals surface area (Å²) in [6, 6.07) is -0.195. The van der Waals surface area contributed by atoms with Gasteiger partial charge < -0.3 is 55.7 Å². The number of carboxylic acid groups (broad SMARTS) is 1. The molecular formula is C39H71N3O9. The van der Waals surface area contributed by atoms with Crippen molar-refractivity contribution in [3.63, 3.8) is 0 Å². The van der Waals surface area contributed by atoms with E-state index in [1.165, 1.54) is 0 Å². The molecule has 2 aliphatic heterocycles.